The second-order valence-corrected chi connectivity index (χ2v) is 5.30. The highest BCUT2D eigenvalue weighted by Gasteiger charge is 2.22. The third-order valence-electron chi connectivity index (χ3n) is 3.67. The lowest BCUT2D eigenvalue weighted by Gasteiger charge is -2.12. The van der Waals surface area contributed by atoms with Crippen molar-refractivity contribution in [3.05, 3.63) is 40.3 Å². The van der Waals surface area contributed by atoms with Crippen LogP contribution in [0, 0.1) is 17.5 Å². The normalized spacial score (nSPS) is 16.4. The van der Waals surface area contributed by atoms with Gasteiger partial charge in [-0.25, -0.2) is 18.2 Å². The van der Waals surface area contributed by atoms with Gasteiger partial charge in [-0.15, -0.1) is 0 Å². The molecule has 0 aliphatic heterocycles. The van der Waals surface area contributed by atoms with Gasteiger partial charge in [0.25, 0.3) is 0 Å². The second-order valence-electron chi connectivity index (χ2n) is 4.89. The molecule has 0 spiro atoms. The fourth-order valence-corrected chi connectivity index (χ4v) is 2.99. The molecule has 1 aromatic carbocycles. The summed E-state index contributed by atoms with van der Waals surface area (Å²) < 4.78 is 40.6. The van der Waals surface area contributed by atoms with Gasteiger partial charge in [0, 0.05) is 17.7 Å². The van der Waals surface area contributed by atoms with Crippen LogP contribution in [0.1, 0.15) is 37.3 Å². The third kappa shape index (κ3) is 2.08. The Kier molecular flexibility index (Phi) is 3.13. The molecule has 1 heterocycles. The summed E-state index contributed by atoms with van der Waals surface area (Å²) in [4.78, 5) is 4.15. The van der Waals surface area contributed by atoms with Crippen LogP contribution in [0.3, 0.4) is 0 Å². The van der Waals surface area contributed by atoms with Crippen LogP contribution in [-0.4, -0.2) is 4.98 Å². The molecule has 0 radical (unpaired) electrons. The maximum absolute atomic E-state index is 13.7. The Morgan fingerprint density at radius 3 is 2.42 bits per heavy atom. The molecule has 0 bridgehead atoms. The van der Waals surface area contributed by atoms with Crippen LogP contribution in [0.5, 0.6) is 0 Å². The van der Waals surface area contributed by atoms with E-state index in [1.165, 1.54) is 6.07 Å². The Balaban J connectivity index is 2.25. The summed E-state index contributed by atoms with van der Waals surface area (Å²) in [5, 5.41) is -0.260. The van der Waals surface area contributed by atoms with Crippen LogP contribution in [0.2, 0.25) is 5.02 Å². The van der Waals surface area contributed by atoms with E-state index in [1.807, 2.05) is 0 Å². The molecule has 1 saturated carbocycles. The van der Waals surface area contributed by atoms with Gasteiger partial charge in [-0.1, -0.05) is 24.4 Å². The Bertz CT molecular complexity index is 651. The predicted octanol–water partition coefficient (Wildman–Crippen LogP) is 4.96. The Morgan fingerprint density at radius 1 is 1.05 bits per heavy atom. The van der Waals surface area contributed by atoms with E-state index in [0.29, 0.717) is 11.8 Å². The van der Waals surface area contributed by atoms with Crippen molar-refractivity contribution in [2.24, 2.45) is 0 Å². The van der Waals surface area contributed by atoms with Crippen molar-refractivity contribution in [3.8, 4) is 0 Å². The number of fused-ring (bicyclic) bond motifs is 1. The molecular formula is C14H11ClF3N. The highest BCUT2D eigenvalue weighted by atomic mass is 35.5. The first kappa shape index (κ1) is 12.7. The lowest BCUT2D eigenvalue weighted by molar-refractivity contribution is 0.505. The predicted molar refractivity (Wildman–Crippen MR) is 67.8 cm³/mol. The van der Waals surface area contributed by atoms with E-state index in [1.54, 1.807) is 0 Å². The minimum atomic E-state index is -1.25. The standard InChI is InChI=1S/C14H11ClF3N/c15-8-5-11(7-3-1-2-4-7)19-14-10(17)6-9(16)13(18)12(8)14/h5-7H,1-4H2. The number of rotatable bonds is 1. The average Bonchev–Trinajstić information content (AvgIpc) is 2.89. The summed E-state index contributed by atoms with van der Waals surface area (Å²) in [5.74, 6) is -3.04. The molecule has 19 heavy (non-hydrogen) atoms. The molecule has 2 aromatic rings. The fraction of sp³-hybridized carbons (Fsp3) is 0.357. The number of benzene rings is 1. The Hall–Kier alpha value is -1.29. The number of pyridine rings is 1. The van der Waals surface area contributed by atoms with Crippen molar-refractivity contribution < 1.29 is 13.2 Å². The number of aromatic nitrogens is 1. The van der Waals surface area contributed by atoms with Crippen LogP contribution in [0.4, 0.5) is 13.2 Å². The van der Waals surface area contributed by atoms with Crippen LogP contribution in [0.25, 0.3) is 10.9 Å². The topological polar surface area (TPSA) is 12.9 Å². The van der Waals surface area contributed by atoms with Crippen molar-refractivity contribution >= 4 is 22.5 Å². The van der Waals surface area contributed by atoms with Crippen molar-refractivity contribution in [2.45, 2.75) is 31.6 Å². The van der Waals surface area contributed by atoms with E-state index in [9.17, 15) is 13.2 Å². The molecule has 100 valence electrons. The summed E-state index contributed by atoms with van der Waals surface area (Å²) in [7, 11) is 0. The first-order valence-electron chi connectivity index (χ1n) is 6.21. The molecule has 1 aromatic heterocycles. The minimum Gasteiger partial charge on any atom is -0.249 e. The second kappa shape index (κ2) is 4.67. The van der Waals surface area contributed by atoms with Gasteiger partial charge in [-0.3, -0.25) is 0 Å². The molecule has 1 nitrogen and oxygen atoms in total. The smallest absolute Gasteiger partial charge is 0.169 e. The minimum absolute atomic E-state index is 0.0165. The van der Waals surface area contributed by atoms with E-state index in [0.717, 1.165) is 25.7 Å². The van der Waals surface area contributed by atoms with Crippen molar-refractivity contribution in [1.29, 1.82) is 0 Å². The number of nitrogens with zero attached hydrogens (tertiary/aromatic N) is 1. The van der Waals surface area contributed by atoms with Crippen LogP contribution in [0.15, 0.2) is 12.1 Å². The SMILES string of the molecule is Fc1cc(F)c2nc(C3CCCC3)cc(Cl)c2c1F. The summed E-state index contributed by atoms with van der Waals surface area (Å²) >= 11 is 5.98. The number of hydrogen-bond acceptors (Lipinski definition) is 1. The van der Waals surface area contributed by atoms with Crippen molar-refractivity contribution in [3.63, 3.8) is 0 Å². The van der Waals surface area contributed by atoms with Gasteiger partial charge in [0.05, 0.1) is 10.4 Å². The number of hydrogen-bond donors (Lipinski definition) is 0. The highest BCUT2D eigenvalue weighted by Crippen LogP contribution is 2.37. The zero-order chi connectivity index (χ0) is 13.6. The Morgan fingerprint density at radius 2 is 1.74 bits per heavy atom. The van der Waals surface area contributed by atoms with Gasteiger partial charge in [0.1, 0.15) is 5.52 Å². The molecule has 1 aliphatic carbocycles. The zero-order valence-electron chi connectivity index (χ0n) is 10.0. The van der Waals surface area contributed by atoms with Gasteiger partial charge in [0.2, 0.25) is 0 Å². The maximum Gasteiger partial charge on any atom is 0.169 e. The van der Waals surface area contributed by atoms with E-state index in [-0.39, 0.29) is 21.8 Å². The Labute approximate surface area is 113 Å². The first-order valence-corrected chi connectivity index (χ1v) is 6.59. The summed E-state index contributed by atoms with van der Waals surface area (Å²) in [5.41, 5.74) is 0.480. The summed E-state index contributed by atoms with van der Waals surface area (Å²) in [6, 6.07) is 2.04. The molecule has 1 fully saturated rings. The molecular weight excluding hydrogens is 275 g/mol. The zero-order valence-corrected chi connectivity index (χ0v) is 10.8. The van der Waals surface area contributed by atoms with E-state index in [2.05, 4.69) is 4.98 Å². The van der Waals surface area contributed by atoms with E-state index < -0.39 is 17.5 Å². The molecule has 0 unspecified atom stereocenters. The lowest BCUT2D eigenvalue weighted by Crippen LogP contribution is -2.01. The molecule has 0 amide bonds. The van der Waals surface area contributed by atoms with Gasteiger partial charge < -0.3 is 0 Å². The van der Waals surface area contributed by atoms with Gasteiger partial charge in [-0.05, 0) is 18.9 Å². The van der Waals surface area contributed by atoms with Gasteiger partial charge in [0.15, 0.2) is 17.5 Å². The average molecular weight is 286 g/mol. The quantitative estimate of drug-likeness (QED) is 0.675. The molecule has 0 atom stereocenters. The molecule has 1 aliphatic rings. The monoisotopic (exact) mass is 285 g/mol. The van der Waals surface area contributed by atoms with Crippen LogP contribution in [-0.2, 0) is 0 Å². The molecule has 5 heteroatoms. The molecule has 0 N–H and O–H groups in total. The van der Waals surface area contributed by atoms with E-state index >= 15 is 0 Å². The van der Waals surface area contributed by atoms with Crippen molar-refractivity contribution in [1.82, 2.24) is 4.98 Å². The molecule has 3 rings (SSSR count). The largest absolute Gasteiger partial charge is 0.249 e. The van der Waals surface area contributed by atoms with Crippen LogP contribution < -0.4 is 0 Å². The van der Waals surface area contributed by atoms with Gasteiger partial charge in [-0.2, -0.15) is 0 Å². The fourth-order valence-electron chi connectivity index (χ4n) is 2.71. The van der Waals surface area contributed by atoms with Gasteiger partial charge >= 0.3 is 0 Å². The summed E-state index contributed by atoms with van der Waals surface area (Å²) in [6.45, 7) is 0. The third-order valence-corrected chi connectivity index (χ3v) is 3.97. The highest BCUT2D eigenvalue weighted by molar-refractivity contribution is 6.35. The van der Waals surface area contributed by atoms with E-state index in [4.69, 9.17) is 11.6 Å². The van der Waals surface area contributed by atoms with Crippen LogP contribution >= 0.6 is 11.6 Å². The van der Waals surface area contributed by atoms with Crippen molar-refractivity contribution in [2.75, 3.05) is 0 Å². The summed E-state index contributed by atoms with van der Waals surface area (Å²) in [6.07, 6.45) is 4.14. The maximum atomic E-state index is 13.7. The first-order chi connectivity index (χ1) is 9.08. The number of halogens is 4. The molecule has 0 saturated heterocycles. The lowest BCUT2D eigenvalue weighted by atomic mass is 10.0.